The lowest BCUT2D eigenvalue weighted by Crippen LogP contribution is -2.03. The summed E-state index contributed by atoms with van der Waals surface area (Å²) < 4.78 is 0. The molecule has 5 nitrogen and oxygen atoms in total. The van der Waals surface area contributed by atoms with E-state index in [-0.39, 0.29) is 0 Å². The maximum atomic E-state index is 4.47. The van der Waals surface area contributed by atoms with Gasteiger partial charge in [-0.2, -0.15) is 10.1 Å². The Morgan fingerprint density at radius 3 is 2.35 bits per heavy atom. The van der Waals surface area contributed by atoms with Crippen LogP contribution in [0.15, 0.2) is 48.7 Å². The molecule has 0 saturated heterocycles. The van der Waals surface area contributed by atoms with E-state index in [1.807, 2.05) is 31.2 Å². The Hall–Kier alpha value is -2.95. The van der Waals surface area contributed by atoms with Gasteiger partial charge in [-0.05, 0) is 55.7 Å². The standard InChI is InChI=1S/C18H19N5/c1-12-8-13(2)10-15(9-12)20-17-11-19-23-18(22-17)21-16-7-5-4-6-14(16)3/h4-11H,1-3H3,(H2,20,21,22,23). The summed E-state index contributed by atoms with van der Waals surface area (Å²) in [5, 5.41) is 14.5. The van der Waals surface area contributed by atoms with Crippen molar-refractivity contribution >= 4 is 23.1 Å². The van der Waals surface area contributed by atoms with Crippen molar-refractivity contribution in [1.82, 2.24) is 15.2 Å². The molecular formula is C18H19N5. The van der Waals surface area contributed by atoms with E-state index in [9.17, 15) is 0 Å². The predicted molar refractivity (Wildman–Crippen MR) is 93.5 cm³/mol. The van der Waals surface area contributed by atoms with Crippen LogP contribution in [-0.4, -0.2) is 15.2 Å². The number of nitrogens with one attached hydrogen (secondary N) is 2. The summed E-state index contributed by atoms with van der Waals surface area (Å²) in [4.78, 5) is 4.47. The molecule has 1 heterocycles. The lowest BCUT2D eigenvalue weighted by Gasteiger charge is -2.10. The first kappa shape index (κ1) is 15.0. The van der Waals surface area contributed by atoms with Gasteiger partial charge in [0.1, 0.15) is 0 Å². The van der Waals surface area contributed by atoms with Gasteiger partial charge in [-0.3, -0.25) is 0 Å². The number of aryl methyl sites for hydroxylation is 3. The molecule has 2 N–H and O–H groups in total. The highest BCUT2D eigenvalue weighted by molar-refractivity contribution is 5.61. The van der Waals surface area contributed by atoms with Crippen LogP contribution in [-0.2, 0) is 0 Å². The maximum Gasteiger partial charge on any atom is 0.249 e. The van der Waals surface area contributed by atoms with Crippen LogP contribution < -0.4 is 10.6 Å². The zero-order valence-corrected chi connectivity index (χ0v) is 13.5. The number of anilines is 4. The fraction of sp³-hybridized carbons (Fsp3) is 0.167. The highest BCUT2D eigenvalue weighted by atomic mass is 15.3. The van der Waals surface area contributed by atoms with Crippen molar-refractivity contribution in [3.8, 4) is 0 Å². The number of nitrogens with zero attached hydrogens (tertiary/aromatic N) is 3. The van der Waals surface area contributed by atoms with E-state index in [1.54, 1.807) is 6.20 Å². The minimum atomic E-state index is 0.466. The summed E-state index contributed by atoms with van der Waals surface area (Å²) in [5.41, 5.74) is 5.49. The zero-order chi connectivity index (χ0) is 16.2. The van der Waals surface area contributed by atoms with Crippen LogP contribution in [0.5, 0.6) is 0 Å². The SMILES string of the molecule is Cc1cc(C)cc(Nc2cnnc(Nc3ccccc3C)n2)c1. The van der Waals surface area contributed by atoms with Crippen molar-refractivity contribution in [2.24, 2.45) is 0 Å². The van der Waals surface area contributed by atoms with Gasteiger partial charge in [0, 0.05) is 11.4 Å². The number of hydrogen-bond acceptors (Lipinski definition) is 5. The van der Waals surface area contributed by atoms with Crippen molar-refractivity contribution in [2.45, 2.75) is 20.8 Å². The summed E-state index contributed by atoms with van der Waals surface area (Å²) in [6.45, 7) is 6.18. The molecule has 0 saturated carbocycles. The van der Waals surface area contributed by atoms with Crippen molar-refractivity contribution in [1.29, 1.82) is 0 Å². The summed E-state index contributed by atoms with van der Waals surface area (Å²) in [6, 6.07) is 14.3. The van der Waals surface area contributed by atoms with Gasteiger partial charge in [0.2, 0.25) is 5.95 Å². The number of benzene rings is 2. The Bertz CT molecular complexity index is 809. The molecule has 0 atom stereocenters. The maximum absolute atomic E-state index is 4.47. The molecule has 2 aromatic carbocycles. The Morgan fingerprint density at radius 1 is 0.870 bits per heavy atom. The van der Waals surface area contributed by atoms with Crippen LogP contribution in [0.3, 0.4) is 0 Å². The molecule has 0 spiro atoms. The number of aromatic nitrogens is 3. The van der Waals surface area contributed by atoms with Gasteiger partial charge in [-0.25, -0.2) is 0 Å². The quantitative estimate of drug-likeness (QED) is 0.753. The van der Waals surface area contributed by atoms with Crippen molar-refractivity contribution in [2.75, 3.05) is 10.6 Å². The molecule has 0 aliphatic carbocycles. The summed E-state index contributed by atoms with van der Waals surface area (Å²) in [6.07, 6.45) is 1.61. The van der Waals surface area contributed by atoms with Gasteiger partial charge in [-0.15, -0.1) is 5.10 Å². The normalized spacial score (nSPS) is 10.4. The van der Waals surface area contributed by atoms with E-state index in [4.69, 9.17) is 0 Å². The molecule has 0 amide bonds. The molecular weight excluding hydrogens is 286 g/mol. The molecule has 116 valence electrons. The highest BCUT2D eigenvalue weighted by Crippen LogP contribution is 2.20. The van der Waals surface area contributed by atoms with E-state index in [1.165, 1.54) is 11.1 Å². The van der Waals surface area contributed by atoms with Gasteiger partial charge in [0.05, 0.1) is 6.20 Å². The predicted octanol–water partition coefficient (Wildman–Crippen LogP) is 4.28. The molecule has 5 heteroatoms. The van der Waals surface area contributed by atoms with E-state index in [0.717, 1.165) is 16.9 Å². The molecule has 23 heavy (non-hydrogen) atoms. The van der Waals surface area contributed by atoms with Crippen LogP contribution >= 0.6 is 0 Å². The third-order valence-electron chi connectivity index (χ3n) is 3.44. The van der Waals surface area contributed by atoms with Crippen molar-refractivity contribution < 1.29 is 0 Å². The summed E-state index contributed by atoms with van der Waals surface area (Å²) >= 11 is 0. The minimum Gasteiger partial charge on any atom is -0.339 e. The first-order chi connectivity index (χ1) is 11.1. The Labute approximate surface area is 135 Å². The molecule has 0 unspecified atom stereocenters. The third kappa shape index (κ3) is 3.83. The lowest BCUT2D eigenvalue weighted by molar-refractivity contribution is 0.981. The first-order valence-corrected chi connectivity index (χ1v) is 7.48. The van der Waals surface area contributed by atoms with Crippen LogP contribution in [0.2, 0.25) is 0 Å². The van der Waals surface area contributed by atoms with Crippen LogP contribution in [0.1, 0.15) is 16.7 Å². The molecule has 3 aromatic rings. The average molecular weight is 305 g/mol. The number of rotatable bonds is 4. The minimum absolute atomic E-state index is 0.466. The third-order valence-corrected chi connectivity index (χ3v) is 3.44. The highest BCUT2D eigenvalue weighted by Gasteiger charge is 2.04. The molecule has 0 aliphatic heterocycles. The molecule has 0 fully saturated rings. The first-order valence-electron chi connectivity index (χ1n) is 7.48. The molecule has 0 radical (unpaired) electrons. The van der Waals surface area contributed by atoms with E-state index in [0.29, 0.717) is 11.8 Å². The lowest BCUT2D eigenvalue weighted by atomic mass is 10.1. The second-order valence-electron chi connectivity index (χ2n) is 5.61. The summed E-state index contributed by atoms with van der Waals surface area (Å²) in [5.74, 6) is 1.12. The van der Waals surface area contributed by atoms with Crippen molar-refractivity contribution in [3.63, 3.8) is 0 Å². The topological polar surface area (TPSA) is 62.7 Å². The van der Waals surface area contributed by atoms with Gasteiger partial charge in [0.25, 0.3) is 0 Å². The largest absolute Gasteiger partial charge is 0.339 e. The molecule has 3 rings (SSSR count). The Balaban J connectivity index is 1.81. The molecule has 0 aliphatic rings. The number of hydrogen-bond donors (Lipinski definition) is 2. The van der Waals surface area contributed by atoms with Crippen LogP contribution in [0.4, 0.5) is 23.1 Å². The molecule has 0 bridgehead atoms. The summed E-state index contributed by atoms with van der Waals surface area (Å²) in [7, 11) is 0. The van der Waals surface area contributed by atoms with Gasteiger partial charge in [0.15, 0.2) is 5.82 Å². The zero-order valence-electron chi connectivity index (χ0n) is 13.5. The fourth-order valence-corrected chi connectivity index (χ4v) is 2.45. The Morgan fingerprint density at radius 2 is 1.61 bits per heavy atom. The Kier molecular flexibility index (Phi) is 4.19. The van der Waals surface area contributed by atoms with Crippen LogP contribution in [0.25, 0.3) is 0 Å². The van der Waals surface area contributed by atoms with Crippen LogP contribution in [0, 0.1) is 20.8 Å². The number of para-hydroxylation sites is 1. The van der Waals surface area contributed by atoms with E-state index < -0.39 is 0 Å². The smallest absolute Gasteiger partial charge is 0.249 e. The molecule has 1 aromatic heterocycles. The van der Waals surface area contributed by atoms with E-state index >= 15 is 0 Å². The second-order valence-corrected chi connectivity index (χ2v) is 5.61. The van der Waals surface area contributed by atoms with Crippen molar-refractivity contribution in [3.05, 3.63) is 65.4 Å². The van der Waals surface area contributed by atoms with Gasteiger partial charge >= 0.3 is 0 Å². The fourth-order valence-electron chi connectivity index (χ4n) is 2.45. The van der Waals surface area contributed by atoms with Gasteiger partial charge < -0.3 is 10.6 Å². The van der Waals surface area contributed by atoms with E-state index in [2.05, 4.69) is 57.9 Å². The monoisotopic (exact) mass is 305 g/mol. The average Bonchev–Trinajstić information content (AvgIpc) is 2.49. The van der Waals surface area contributed by atoms with Gasteiger partial charge in [-0.1, -0.05) is 24.3 Å². The second kappa shape index (κ2) is 6.44.